The van der Waals surface area contributed by atoms with Crippen molar-refractivity contribution >= 4 is 19.3 Å². The molecule has 4 rings (SSSR count). The van der Waals surface area contributed by atoms with E-state index >= 15 is 0 Å². The van der Waals surface area contributed by atoms with Crippen LogP contribution >= 0.6 is 7.60 Å². The number of rotatable bonds is 7. The highest BCUT2D eigenvalue weighted by Crippen LogP contribution is 2.67. The van der Waals surface area contributed by atoms with Crippen LogP contribution in [-0.4, -0.2) is 58.4 Å². The molecular weight excluding hydrogens is 536 g/mol. The number of halogens is 3. The molecule has 8 nitrogen and oxygen atoms in total. The van der Waals surface area contributed by atoms with Gasteiger partial charge in [0.25, 0.3) is 0 Å². The number of hydrogen-bond donors (Lipinski definition) is 0. The van der Waals surface area contributed by atoms with Crippen molar-refractivity contribution < 1.29 is 41.4 Å². The van der Waals surface area contributed by atoms with Crippen LogP contribution in [0, 0.1) is 6.08 Å². The zero-order chi connectivity index (χ0) is 29.1. The summed E-state index contributed by atoms with van der Waals surface area (Å²) in [6, 6.07) is 6.11. The minimum Gasteiger partial charge on any atom is -0.542 e. The maximum atomic E-state index is 13.7. The number of carboxylic acids is 1. The van der Waals surface area contributed by atoms with Gasteiger partial charge in [-0.2, -0.15) is 13.2 Å². The highest BCUT2D eigenvalue weighted by Gasteiger charge is 2.48. The van der Waals surface area contributed by atoms with Gasteiger partial charge >= 0.3 is 13.8 Å². The Morgan fingerprint density at radius 2 is 1.79 bits per heavy atom. The molecular formula is C27H32F3N2O6P. The monoisotopic (exact) mass is 568 g/mol. The van der Waals surface area contributed by atoms with Gasteiger partial charge in [-0.05, 0) is 26.3 Å². The van der Waals surface area contributed by atoms with E-state index in [1.54, 1.807) is 0 Å². The van der Waals surface area contributed by atoms with E-state index in [2.05, 4.69) is 41.9 Å². The first-order valence-electron chi connectivity index (χ1n) is 12.3. The topological polar surface area (TPSA) is 91.4 Å². The summed E-state index contributed by atoms with van der Waals surface area (Å²) >= 11 is 0. The third kappa shape index (κ3) is 6.23. The second-order valence-electron chi connectivity index (χ2n) is 9.10. The molecule has 0 saturated heterocycles. The number of benzene rings is 1. The van der Waals surface area contributed by atoms with Gasteiger partial charge in [0, 0.05) is 76.8 Å². The van der Waals surface area contributed by atoms with E-state index in [0.717, 1.165) is 59.8 Å². The standard InChI is InChI=1S/C25H32N2O4P.C2HF3O2/c1-7-27(8-2)19-11-14-21-23(16-19)31-24-20-13-10-18(26(3)4)15-17(20)9-12-22(24)25(21)32(28,29-5)30-6;3-2(4,5)1(6)7/h10-11,14-16,25H,7-9,12H2,1-6H3;(H,6,7)/q+1;/p-1. The number of hydrogen-bond acceptors (Lipinski definition) is 8. The number of anilines is 1. The Morgan fingerprint density at radius 1 is 1.18 bits per heavy atom. The molecule has 2 aliphatic carbocycles. The first-order chi connectivity index (χ1) is 18.3. The van der Waals surface area contributed by atoms with E-state index in [4.69, 9.17) is 23.7 Å². The van der Waals surface area contributed by atoms with Crippen LogP contribution in [0.3, 0.4) is 0 Å². The van der Waals surface area contributed by atoms with Crippen LogP contribution in [0.5, 0.6) is 5.75 Å². The fraction of sp³-hybridized carbons (Fsp3) is 0.444. The molecule has 0 N–H and O–H groups in total. The summed E-state index contributed by atoms with van der Waals surface area (Å²) in [6.45, 7) is 6.05. The number of aliphatic carboxylic acids is 1. The van der Waals surface area contributed by atoms with Gasteiger partial charge in [-0.3, -0.25) is 4.57 Å². The largest absolute Gasteiger partial charge is 0.542 e. The third-order valence-electron chi connectivity index (χ3n) is 6.73. The van der Waals surface area contributed by atoms with Crippen molar-refractivity contribution in [1.29, 1.82) is 0 Å². The second-order valence-corrected chi connectivity index (χ2v) is 11.4. The summed E-state index contributed by atoms with van der Waals surface area (Å²) in [5, 5.41) is 8.78. The van der Waals surface area contributed by atoms with Crippen molar-refractivity contribution in [2.24, 2.45) is 0 Å². The summed E-state index contributed by atoms with van der Waals surface area (Å²) in [6.07, 6.45) is 3.95. The first-order valence-corrected chi connectivity index (χ1v) is 13.9. The number of nitrogens with zero attached hydrogens (tertiary/aromatic N) is 2. The predicted octanol–water partition coefficient (Wildman–Crippen LogP) is 4.91. The molecule has 0 aromatic heterocycles. The van der Waals surface area contributed by atoms with Gasteiger partial charge in [0.15, 0.2) is 5.57 Å². The number of carbonyl (C=O) groups is 1. The minimum absolute atomic E-state index is 0.503. The van der Waals surface area contributed by atoms with Crippen molar-refractivity contribution in [2.45, 2.75) is 38.5 Å². The maximum absolute atomic E-state index is 13.7. The molecule has 1 unspecified atom stereocenters. The molecule has 0 spiro atoms. The molecule has 39 heavy (non-hydrogen) atoms. The van der Waals surface area contributed by atoms with E-state index in [0.29, 0.717) is 5.75 Å². The summed E-state index contributed by atoms with van der Waals surface area (Å²) in [5.74, 6) is -1.57. The number of allylic oxidation sites excluding steroid dienone is 5. The van der Waals surface area contributed by atoms with Crippen molar-refractivity contribution in [3.63, 3.8) is 0 Å². The van der Waals surface area contributed by atoms with E-state index in [-0.39, 0.29) is 0 Å². The minimum atomic E-state index is -5.19. The Morgan fingerprint density at radius 3 is 2.31 bits per heavy atom. The summed E-state index contributed by atoms with van der Waals surface area (Å²) < 4.78 is 62.8. The van der Waals surface area contributed by atoms with Gasteiger partial charge < -0.3 is 33.5 Å². The fourth-order valence-corrected chi connectivity index (χ4v) is 6.44. The first kappa shape index (κ1) is 30.4. The normalized spacial score (nSPS) is 18.0. The molecule has 0 amide bonds. The van der Waals surface area contributed by atoms with Crippen LogP contribution in [0.1, 0.15) is 37.9 Å². The number of ether oxygens (including phenoxy) is 1. The van der Waals surface area contributed by atoms with Crippen molar-refractivity contribution in [3.05, 3.63) is 70.2 Å². The van der Waals surface area contributed by atoms with Crippen LogP contribution in [0.15, 0.2) is 58.5 Å². The zero-order valence-electron chi connectivity index (χ0n) is 22.7. The molecule has 212 valence electrons. The molecule has 0 fully saturated rings. The average Bonchev–Trinajstić information content (AvgIpc) is 2.91. The average molecular weight is 569 g/mol. The summed E-state index contributed by atoms with van der Waals surface area (Å²) in [5.41, 5.74) is 5.59. The Bertz CT molecular complexity index is 1270. The molecule has 1 aromatic carbocycles. The zero-order valence-corrected chi connectivity index (χ0v) is 23.6. The lowest BCUT2D eigenvalue weighted by Gasteiger charge is -2.34. The number of carboxylic acid groups (broad SMARTS) is 1. The smallest absolute Gasteiger partial charge is 0.430 e. The number of alkyl halides is 3. The van der Waals surface area contributed by atoms with Crippen LogP contribution in [0.25, 0.3) is 0 Å². The van der Waals surface area contributed by atoms with Crippen LogP contribution in [-0.2, 0) is 18.4 Å². The van der Waals surface area contributed by atoms with Crippen molar-refractivity contribution in [1.82, 2.24) is 4.90 Å². The third-order valence-corrected chi connectivity index (χ3v) is 8.97. The summed E-state index contributed by atoms with van der Waals surface area (Å²) in [7, 11) is 3.51. The van der Waals surface area contributed by atoms with E-state index in [1.165, 1.54) is 19.8 Å². The van der Waals surface area contributed by atoms with Crippen LogP contribution in [0.2, 0.25) is 0 Å². The Balaban J connectivity index is 0.000000532. The molecule has 0 bridgehead atoms. The van der Waals surface area contributed by atoms with Crippen LogP contribution < -0.4 is 14.7 Å². The maximum Gasteiger partial charge on any atom is 0.430 e. The fourth-order valence-electron chi connectivity index (χ4n) is 4.69. The van der Waals surface area contributed by atoms with Gasteiger partial charge in [-0.15, -0.1) is 0 Å². The Kier molecular flexibility index (Phi) is 9.34. The number of carbonyl (C=O) groups excluding carboxylic acids is 1. The van der Waals surface area contributed by atoms with Crippen molar-refractivity contribution in [3.8, 4) is 5.75 Å². The van der Waals surface area contributed by atoms with Gasteiger partial charge in [-0.1, -0.05) is 6.07 Å². The van der Waals surface area contributed by atoms with Crippen LogP contribution in [0.4, 0.5) is 18.9 Å². The van der Waals surface area contributed by atoms with E-state index in [1.807, 2.05) is 32.3 Å². The second kappa shape index (κ2) is 12.0. The highest BCUT2D eigenvalue weighted by molar-refractivity contribution is 7.54. The number of fused-ring (bicyclic) bond motifs is 2. The molecule has 0 radical (unpaired) electrons. The molecule has 0 saturated carbocycles. The quantitative estimate of drug-likeness (QED) is 0.339. The molecule has 1 aromatic rings. The molecule has 1 atom stereocenters. The Labute approximate surface area is 226 Å². The molecule has 12 heteroatoms. The lowest BCUT2D eigenvalue weighted by Crippen LogP contribution is -2.37. The highest BCUT2D eigenvalue weighted by atomic mass is 31.2. The van der Waals surface area contributed by atoms with Gasteiger partial charge in [-0.25, -0.2) is 0 Å². The van der Waals surface area contributed by atoms with Gasteiger partial charge in [0.2, 0.25) is 5.76 Å². The SMILES string of the molecule is CCN(CC)c1ccc2c(c1)OC1=C(CCC3=C1[C+]=CC(N(C)C)=C3)C2P(=O)(OC)OC.O=C([O-])C(F)(F)F. The lowest BCUT2D eigenvalue weighted by atomic mass is 9.83. The Hall–Kier alpha value is -3.10. The molecule has 1 aliphatic heterocycles. The molecule has 3 aliphatic rings. The van der Waals surface area contributed by atoms with E-state index in [9.17, 15) is 17.7 Å². The summed E-state index contributed by atoms with van der Waals surface area (Å²) in [4.78, 5) is 13.1. The predicted molar refractivity (Wildman–Crippen MR) is 139 cm³/mol. The van der Waals surface area contributed by atoms with Gasteiger partial charge in [0.05, 0.1) is 17.7 Å². The lowest BCUT2D eigenvalue weighted by molar-refractivity contribution is -0.344. The van der Waals surface area contributed by atoms with Gasteiger partial charge in [0.1, 0.15) is 23.1 Å². The van der Waals surface area contributed by atoms with E-state index < -0.39 is 25.4 Å². The van der Waals surface area contributed by atoms with Crippen molar-refractivity contribution in [2.75, 3.05) is 46.3 Å². The molecule has 1 heterocycles. The number of likely N-dealkylation sites (N-methyl/N-ethyl adjacent to an activating group) is 1.